The topological polar surface area (TPSA) is 33.2 Å². The summed E-state index contributed by atoms with van der Waals surface area (Å²) in [6.45, 7) is 2.62. The van der Waals surface area contributed by atoms with Crippen molar-refractivity contribution in [1.29, 1.82) is 0 Å². The first kappa shape index (κ1) is 17.5. The van der Waals surface area contributed by atoms with Gasteiger partial charge in [-0.1, -0.05) is 42.5 Å². The van der Waals surface area contributed by atoms with Crippen molar-refractivity contribution in [2.24, 2.45) is 0 Å². The summed E-state index contributed by atoms with van der Waals surface area (Å²) >= 11 is 0. The van der Waals surface area contributed by atoms with E-state index in [4.69, 9.17) is 0 Å². The minimum Gasteiger partial charge on any atom is -0.326 e. The molecule has 1 heterocycles. The monoisotopic (exact) mass is 356 g/mol. The summed E-state index contributed by atoms with van der Waals surface area (Å²) in [6, 6.07) is 22.1. The molecule has 3 nitrogen and oxygen atoms in total. The Labute approximate surface area is 160 Å². The Kier molecular flexibility index (Phi) is 5.01. The van der Waals surface area contributed by atoms with E-state index >= 15 is 0 Å². The van der Waals surface area contributed by atoms with Crippen LogP contribution in [0.2, 0.25) is 0 Å². The van der Waals surface area contributed by atoms with Gasteiger partial charge >= 0.3 is 0 Å². The number of amides is 1. The second-order valence-corrected chi connectivity index (χ2v) is 7.19. The van der Waals surface area contributed by atoms with E-state index < -0.39 is 0 Å². The number of aryl methyl sites for hydroxylation is 2. The van der Waals surface area contributed by atoms with Crippen LogP contribution in [-0.4, -0.2) is 15.8 Å². The van der Waals surface area contributed by atoms with Gasteiger partial charge in [0, 0.05) is 18.3 Å². The van der Waals surface area contributed by atoms with Crippen molar-refractivity contribution < 1.29 is 4.79 Å². The van der Waals surface area contributed by atoms with Gasteiger partial charge in [-0.3, -0.25) is 9.78 Å². The summed E-state index contributed by atoms with van der Waals surface area (Å²) in [6.07, 6.45) is 5.17. The molecule has 2 aromatic carbocycles. The zero-order valence-corrected chi connectivity index (χ0v) is 15.6. The van der Waals surface area contributed by atoms with Crippen molar-refractivity contribution in [2.45, 2.75) is 38.8 Å². The molecule has 4 rings (SSSR count). The zero-order chi connectivity index (χ0) is 18.6. The van der Waals surface area contributed by atoms with Crippen molar-refractivity contribution in [3.63, 3.8) is 0 Å². The van der Waals surface area contributed by atoms with E-state index in [1.807, 2.05) is 47.4 Å². The molecular weight excluding hydrogens is 332 g/mol. The number of fused-ring (bicyclic) bond motifs is 1. The van der Waals surface area contributed by atoms with Gasteiger partial charge in [0.2, 0.25) is 0 Å². The molecule has 1 aliphatic rings. The smallest absolute Gasteiger partial charge is 0.254 e. The van der Waals surface area contributed by atoms with Crippen molar-refractivity contribution in [2.75, 3.05) is 0 Å². The molecule has 1 aromatic heterocycles. The number of hydrogen-bond acceptors (Lipinski definition) is 2. The van der Waals surface area contributed by atoms with Crippen LogP contribution in [0.1, 0.15) is 52.1 Å². The van der Waals surface area contributed by atoms with Crippen molar-refractivity contribution in [3.05, 3.63) is 101 Å². The third-order valence-electron chi connectivity index (χ3n) is 5.39. The predicted octanol–water partition coefficient (Wildman–Crippen LogP) is 4.97. The highest BCUT2D eigenvalue weighted by Crippen LogP contribution is 2.27. The van der Waals surface area contributed by atoms with Gasteiger partial charge in [-0.25, -0.2) is 0 Å². The number of hydrogen-bond donors (Lipinski definition) is 0. The van der Waals surface area contributed by atoms with E-state index in [0.29, 0.717) is 6.54 Å². The summed E-state index contributed by atoms with van der Waals surface area (Å²) in [5.74, 6) is 0.0618. The third-order valence-corrected chi connectivity index (χ3v) is 5.39. The lowest BCUT2D eigenvalue weighted by atomic mass is 10.0. The molecule has 0 spiro atoms. The molecule has 1 atom stereocenters. The Bertz CT molecular complexity index is 922. The molecule has 1 unspecified atom stereocenters. The highest BCUT2D eigenvalue weighted by Gasteiger charge is 2.25. The molecule has 0 radical (unpaired) electrons. The summed E-state index contributed by atoms with van der Waals surface area (Å²) in [7, 11) is 0. The number of rotatable bonds is 5. The first-order chi connectivity index (χ1) is 13.2. The summed E-state index contributed by atoms with van der Waals surface area (Å²) in [5, 5.41) is 0. The summed E-state index contributed by atoms with van der Waals surface area (Å²) in [4.78, 5) is 19.9. The van der Waals surface area contributed by atoms with Crippen LogP contribution in [0.5, 0.6) is 0 Å². The van der Waals surface area contributed by atoms with Crippen LogP contribution >= 0.6 is 0 Å². The van der Waals surface area contributed by atoms with E-state index in [-0.39, 0.29) is 11.9 Å². The van der Waals surface area contributed by atoms with Crippen molar-refractivity contribution in [3.8, 4) is 0 Å². The first-order valence-electron chi connectivity index (χ1n) is 9.60. The van der Waals surface area contributed by atoms with E-state index in [9.17, 15) is 4.79 Å². The molecule has 3 heteroatoms. The van der Waals surface area contributed by atoms with E-state index in [2.05, 4.69) is 36.2 Å². The van der Waals surface area contributed by atoms with Gasteiger partial charge in [0.1, 0.15) is 0 Å². The number of carbonyl (C=O) groups excluding carboxylic acids is 1. The standard InChI is InChI=1S/C24H24N2O/c1-18(23-12-5-6-15-25-23)26(17-19-8-3-2-4-9-19)24(27)22-14-13-20-10-7-11-21(20)16-22/h2-6,8-9,12-16,18H,7,10-11,17H2,1H3. The number of pyridine rings is 1. The van der Waals surface area contributed by atoms with Crippen LogP contribution in [0, 0.1) is 0 Å². The Morgan fingerprint density at radius 3 is 2.56 bits per heavy atom. The minimum absolute atomic E-state index is 0.0618. The van der Waals surface area contributed by atoms with E-state index in [1.165, 1.54) is 17.5 Å². The van der Waals surface area contributed by atoms with Crippen LogP contribution in [0.3, 0.4) is 0 Å². The fraction of sp³-hybridized carbons (Fsp3) is 0.250. The lowest BCUT2D eigenvalue weighted by Crippen LogP contribution is -2.33. The van der Waals surface area contributed by atoms with Crippen LogP contribution in [0.15, 0.2) is 72.9 Å². The highest BCUT2D eigenvalue weighted by molar-refractivity contribution is 5.94. The van der Waals surface area contributed by atoms with Gasteiger partial charge in [0.05, 0.1) is 11.7 Å². The fourth-order valence-corrected chi connectivity index (χ4v) is 3.82. The Morgan fingerprint density at radius 1 is 1.00 bits per heavy atom. The Hall–Kier alpha value is -2.94. The maximum absolute atomic E-state index is 13.5. The summed E-state index contributed by atoms with van der Waals surface area (Å²) in [5.41, 5.74) is 5.51. The van der Waals surface area contributed by atoms with Crippen LogP contribution in [0.4, 0.5) is 0 Å². The molecule has 1 amide bonds. The molecule has 3 aromatic rings. The van der Waals surface area contributed by atoms with Gasteiger partial charge in [0.25, 0.3) is 5.91 Å². The Balaban J connectivity index is 1.67. The second-order valence-electron chi connectivity index (χ2n) is 7.19. The van der Waals surface area contributed by atoms with Gasteiger partial charge in [-0.2, -0.15) is 0 Å². The van der Waals surface area contributed by atoms with Gasteiger partial charge in [0.15, 0.2) is 0 Å². The molecule has 1 aliphatic carbocycles. The van der Waals surface area contributed by atoms with E-state index in [0.717, 1.165) is 29.7 Å². The zero-order valence-electron chi connectivity index (χ0n) is 15.6. The molecule has 27 heavy (non-hydrogen) atoms. The highest BCUT2D eigenvalue weighted by atomic mass is 16.2. The maximum Gasteiger partial charge on any atom is 0.254 e. The molecule has 0 bridgehead atoms. The van der Waals surface area contributed by atoms with Crippen molar-refractivity contribution >= 4 is 5.91 Å². The van der Waals surface area contributed by atoms with E-state index in [1.54, 1.807) is 6.20 Å². The molecule has 136 valence electrons. The number of nitrogens with zero attached hydrogens (tertiary/aromatic N) is 2. The first-order valence-corrected chi connectivity index (χ1v) is 9.60. The van der Waals surface area contributed by atoms with Gasteiger partial charge in [-0.15, -0.1) is 0 Å². The minimum atomic E-state index is -0.104. The van der Waals surface area contributed by atoms with Crippen LogP contribution in [0.25, 0.3) is 0 Å². The van der Waals surface area contributed by atoms with Gasteiger partial charge in [-0.05, 0) is 67.1 Å². The average Bonchev–Trinajstić information content (AvgIpc) is 3.20. The molecule has 0 fully saturated rings. The maximum atomic E-state index is 13.5. The lowest BCUT2D eigenvalue weighted by molar-refractivity contribution is 0.0670. The molecule has 0 saturated heterocycles. The normalized spacial score (nSPS) is 13.8. The average molecular weight is 356 g/mol. The number of aromatic nitrogens is 1. The van der Waals surface area contributed by atoms with Crippen LogP contribution in [-0.2, 0) is 19.4 Å². The SMILES string of the molecule is CC(c1ccccn1)N(Cc1ccccc1)C(=O)c1ccc2c(c1)CCC2. The second kappa shape index (κ2) is 7.75. The number of carbonyl (C=O) groups is 1. The molecule has 0 N–H and O–H groups in total. The Morgan fingerprint density at radius 2 is 1.78 bits per heavy atom. The van der Waals surface area contributed by atoms with Gasteiger partial charge < -0.3 is 4.90 Å². The summed E-state index contributed by atoms with van der Waals surface area (Å²) < 4.78 is 0. The predicted molar refractivity (Wildman–Crippen MR) is 107 cm³/mol. The fourth-order valence-electron chi connectivity index (χ4n) is 3.82. The lowest BCUT2D eigenvalue weighted by Gasteiger charge is -2.29. The van der Waals surface area contributed by atoms with Crippen LogP contribution < -0.4 is 0 Å². The quantitative estimate of drug-likeness (QED) is 0.646. The largest absolute Gasteiger partial charge is 0.326 e. The molecule has 0 aliphatic heterocycles. The number of benzene rings is 2. The third kappa shape index (κ3) is 3.77. The van der Waals surface area contributed by atoms with Crippen molar-refractivity contribution in [1.82, 2.24) is 9.88 Å². The molecular formula is C24H24N2O. The molecule has 0 saturated carbocycles.